The Kier molecular flexibility index (Phi) is 9.95. The van der Waals surface area contributed by atoms with Crippen molar-refractivity contribution >= 4 is 18.8 Å². The van der Waals surface area contributed by atoms with E-state index in [2.05, 4.69) is 6.92 Å². The number of halogens is 1. The van der Waals surface area contributed by atoms with E-state index in [9.17, 15) is 4.79 Å². The minimum Gasteiger partial charge on any atom is -0.346 e. The fourth-order valence-electron chi connectivity index (χ4n) is 0.573. The van der Waals surface area contributed by atoms with Gasteiger partial charge in [-0.1, -0.05) is 6.92 Å². The molecule has 0 aromatic carbocycles. The first kappa shape index (κ1) is 11.5. The van der Waals surface area contributed by atoms with E-state index in [1.807, 2.05) is 6.92 Å². The van der Waals surface area contributed by atoms with Gasteiger partial charge in [0.25, 0.3) is 0 Å². The maximum Gasteiger partial charge on any atom is 0.209 e. The first-order chi connectivity index (χ1) is 3.85. The van der Waals surface area contributed by atoms with Crippen LogP contribution in [0.25, 0.3) is 0 Å². The van der Waals surface area contributed by atoms with Gasteiger partial charge in [0.2, 0.25) is 6.41 Å². The molecule has 0 unspecified atom stereocenters. The van der Waals surface area contributed by atoms with Gasteiger partial charge >= 0.3 is 0 Å². The summed E-state index contributed by atoms with van der Waals surface area (Å²) in [4.78, 5) is 11.8. The van der Waals surface area contributed by atoms with Gasteiger partial charge in [0.05, 0.1) is 0 Å². The zero-order chi connectivity index (χ0) is 6.41. The molecule has 0 heterocycles. The molecule has 0 bridgehead atoms. The fraction of sp³-hybridized carbons (Fsp3) is 0.833. The monoisotopic (exact) mass is 151 g/mol. The number of hydrogen-bond donors (Lipinski definition) is 0. The lowest BCUT2D eigenvalue weighted by Gasteiger charge is -2.11. The molecular formula is C6H14ClNO. The van der Waals surface area contributed by atoms with Crippen LogP contribution in [-0.4, -0.2) is 24.4 Å². The molecular weight excluding hydrogens is 138 g/mol. The van der Waals surface area contributed by atoms with Crippen molar-refractivity contribution in [3.8, 4) is 0 Å². The summed E-state index contributed by atoms with van der Waals surface area (Å²) in [7, 11) is 0. The van der Waals surface area contributed by atoms with Gasteiger partial charge in [-0.25, -0.2) is 0 Å². The molecule has 1 amide bonds. The first-order valence-electron chi connectivity index (χ1n) is 3.04. The molecule has 0 rings (SSSR count). The van der Waals surface area contributed by atoms with Crippen LogP contribution in [0.5, 0.6) is 0 Å². The van der Waals surface area contributed by atoms with Gasteiger partial charge in [0, 0.05) is 13.1 Å². The van der Waals surface area contributed by atoms with Gasteiger partial charge in [-0.2, -0.15) is 0 Å². The number of hydrogen-bond acceptors (Lipinski definition) is 1. The highest BCUT2D eigenvalue weighted by atomic mass is 35.5. The lowest BCUT2D eigenvalue weighted by Crippen LogP contribution is -2.21. The molecule has 56 valence electrons. The topological polar surface area (TPSA) is 20.3 Å². The predicted octanol–water partition coefficient (Wildman–Crippen LogP) is 1.30. The summed E-state index contributed by atoms with van der Waals surface area (Å²) < 4.78 is 0. The number of nitrogens with zero attached hydrogens (tertiary/aromatic N) is 1. The van der Waals surface area contributed by atoms with Gasteiger partial charge in [0.15, 0.2) is 0 Å². The van der Waals surface area contributed by atoms with Crippen LogP contribution in [0.1, 0.15) is 20.3 Å². The van der Waals surface area contributed by atoms with Crippen LogP contribution in [0, 0.1) is 0 Å². The summed E-state index contributed by atoms with van der Waals surface area (Å²) in [5.74, 6) is 0. The third kappa shape index (κ3) is 5.63. The molecule has 0 atom stereocenters. The van der Waals surface area contributed by atoms with Crippen molar-refractivity contribution in [3.05, 3.63) is 0 Å². The zero-order valence-electron chi connectivity index (χ0n) is 5.96. The second kappa shape index (κ2) is 7.76. The summed E-state index contributed by atoms with van der Waals surface area (Å²) in [6.45, 7) is 5.76. The summed E-state index contributed by atoms with van der Waals surface area (Å²) in [5, 5.41) is 0. The average molecular weight is 152 g/mol. The van der Waals surface area contributed by atoms with E-state index in [0.29, 0.717) is 0 Å². The third-order valence-corrected chi connectivity index (χ3v) is 1.07. The SMILES string of the molecule is CCCN(C=O)CC.Cl. The van der Waals surface area contributed by atoms with Crippen LogP contribution in [0.3, 0.4) is 0 Å². The minimum atomic E-state index is 0. The molecule has 0 aliphatic rings. The molecule has 0 spiro atoms. The lowest BCUT2D eigenvalue weighted by molar-refractivity contribution is -0.118. The third-order valence-electron chi connectivity index (χ3n) is 1.07. The van der Waals surface area contributed by atoms with Gasteiger partial charge in [-0.05, 0) is 13.3 Å². The normalized spacial score (nSPS) is 7.78. The quantitative estimate of drug-likeness (QED) is 0.555. The average Bonchev–Trinajstić information content (AvgIpc) is 1.83. The Balaban J connectivity index is 0. The van der Waals surface area contributed by atoms with Crippen molar-refractivity contribution in [2.45, 2.75) is 20.3 Å². The number of amides is 1. The summed E-state index contributed by atoms with van der Waals surface area (Å²) in [5.41, 5.74) is 0. The van der Waals surface area contributed by atoms with Crippen molar-refractivity contribution < 1.29 is 4.79 Å². The second-order valence-corrected chi connectivity index (χ2v) is 1.73. The van der Waals surface area contributed by atoms with Gasteiger partial charge in [-0.3, -0.25) is 4.79 Å². The van der Waals surface area contributed by atoms with Crippen LogP contribution in [0.2, 0.25) is 0 Å². The lowest BCUT2D eigenvalue weighted by atomic mass is 10.4. The minimum absolute atomic E-state index is 0. The molecule has 9 heavy (non-hydrogen) atoms. The Morgan fingerprint density at radius 2 is 2.00 bits per heavy atom. The van der Waals surface area contributed by atoms with Crippen molar-refractivity contribution in [1.82, 2.24) is 4.90 Å². The Morgan fingerprint density at radius 3 is 2.11 bits per heavy atom. The summed E-state index contributed by atoms with van der Waals surface area (Å²) in [6.07, 6.45) is 1.94. The van der Waals surface area contributed by atoms with E-state index in [4.69, 9.17) is 0 Å². The molecule has 0 saturated carbocycles. The van der Waals surface area contributed by atoms with Crippen LogP contribution in [0.15, 0.2) is 0 Å². The molecule has 3 heteroatoms. The Bertz CT molecular complexity index is 68.1. The van der Waals surface area contributed by atoms with Gasteiger partial charge < -0.3 is 4.90 Å². The van der Waals surface area contributed by atoms with Crippen LogP contribution in [0.4, 0.5) is 0 Å². The van der Waals surface area contributed by atoms with E-state index in [-0.39, 0.29) is 12.4 Å². The molecule has 0 saturated heterocycles. The maximum atomic E-state index is 10.1. The molecule has 0 aromatic rings. The summed E-state index contributed by atoms with van der Waals surface area (Å²) in [6, 6.07) is 0. The molecule has 0 aromatic heterocycles. The number of carbonyl (C=O) groups excluding carboxylic acids is 1. The Labute approximate surface area is 62.6 Å². The molecule has 0 radical (unpaired) electrons. The first-order valence-corrected chi connectivity index (χ1v) is 3.04. The molecule has 0 N–H and O–H groups in total. The largest absolute Gasteiger partial charge is 0.346 e. The van der Waals surface area contributed by atoms with Crippen LogP contribution < -0.4 is 0 Å². The molecule has 0 fully saturated rings. The fourth-order valence-corrected chi connectivity index (χ4v) is 0.573. The van der Waals surface area contributed by atoms with Crippen LogP contribution >= 0.6 is 12.4 Å². The molecule has 0 aliphatic carbocycles. The van der Waals surface area contributed by atoms with E-state index in [0.717, 1.165) is 25.9 Å². The number of carbonyl (C=O) groups is 1. The Hall–Kier alpha value is -0.240. The predicted molar refractivity (Wildman–Crippen MR) is 40.9 cm³/mol. The van der Waals surface area contributed by atoms with Crippen molar-refractivity contribution in [2.24, 2.45) is 0 Å². The highest BCUT2D eigenvalue weighted by Crippen LogP contribution is 1.83. The smallest absolute Gasteiger partial charge is 0.209 e. The number of rotatable bonds is 4. The Morgan fingerprint density at radius 1 is 1.44 bits per heavy atom. The molecule has 0 aliphatic heterocycles. The summed E-state index contributed by atoms with van der Waals surface area (Å²) >= 11 is 0. The highest BCUT2D eigenvalue weighted by molar-refractivity contribution is 5.85. The molecule has 2 nitrogen and oxygen atoms in total. The maximum absolute atomic E-state index is 10.1. The van der Waals surface area contributed by atoms with E-state index < -0.39 is 0 Å². The zero-order valence-corrected chi connectivity index (χ0v) is 6.78. The van der Waals surface area contributed by atoms with Crippen molar-refractivity contribution in [2.75, 3.05) is 13.1 Å². The van der Waals surface area contributed by atoms with E-state index >= 15 is 0 Å². The van der Waals surface area contributed by atoms with Gasteiger partial charge in [-0.15, -0.1) is 12.4 Å². The van der Waals surface area contributed by atoms with Crippen LogP contribution in [-0.2, 0) is 4.79 Å². The highest BCUT2D eigenvalue weighted by Gasteiger charge is 1.91. The van der Waals surface area contributed by atoms with Crippen molar-refractivity contribution in [3.63, 3.8) is 0 Å². The standard InChI is InChI=1S/C6H13NO.ClH/c1-3-5-7(4-2)6-8;/h6H,3-5H2,1-2H3;1H. The second-order valence-electron chi connectivity index (χ2n) is 1.73. The van der Waals surface area contributed by atoms with Crippen molar-refractivity contribution in [1.29, 1.82) is 0 Å². The van der Waals surface area contributed by atoms with E-state index in [1.165, 1.54) is 0 Å². The van der Waals surface area contributed by atoms with E-state index in [1.54, 1.807) is 4.90 Å². The van der Waals surface area contributed by atoms with Gasteiger partial charge in [0.1, 0.15) is 0 Å².